The summed E-state index contributed by atoms with van der Waals surface area (Å²) < 4.78 is 4.94. The van der Waals surface area contributed by atoms with Crippen LogP contribution < -0.4 is 4.74 Å². The van der Waals surface area contributed by atoms with Crippen LogP contribution in [0.5, 0.6) is 5.75 Å². The molecule has 80 valence electrons. The molecule has 0 aliphatic heterocycles. The molecule has 1 aromatic rings. The van der Waals surface area contributed by atoms with Crippen LogP contribution in [0.2, 0.25) is 0 Å². The lowest BCUT2D eigenvalue weighted by Crippen LogP contribution is -1.95. The molecule has 0 radical (unpaired) electrons. The second kappa shape index (κ2) is 4.93. The van der Waals surface area contributed by atoms with Crippen LogP contribution >= 0.6 is 15.9 Å². The highest BCUT2D eigenvalue weighted by molar-refractivity contribution is 9.09. The molecule has 0 saturated carbocycles. The highest BCUT2D eigenvalue weighted by atomic mass is 79.9. The number of alkyl halides is 1. The van der Waals surface area contributed by atoms with Crippen molar-refractivity contribution in [1.82, 2.24) is 0 Å². The minimum absolute atomic E-state index is 0.0383. The smallest absolute Gasteiger partial charge is 0.310 e. The number of benzene rings is 1. The summed E-state index contributed by atoms with van der Waals surface area (Å²) in [6, 6.07) is 4.69. The number of hydrogen-bond acceptors (Lipinski definition) is 3. The number of hydrogen-bond donors (Lipinski definition) is 0. The molecule has 0 amide bonds. The first-order chi connectivity index (χ1) is 7.10. The van der Waals surface area contributed by atoms with Gasteiger partial charge in [0.25, 0.3) is 0 Å². The van der Waals surface area contributed by atoms with Crippen molar-refractivity contribution in [3.63, 3.8) is 0 Å². The topological polar surface area (TPSA) is 52.4 Å². The number of halogens is 1. The van der Waals surface area contributed by atoms with Crippen LogP contribution in [0.3, 0.4) is 0 Å². The molecule has 15 heavy (non-hydrogen) atoms. The summed E-state index contributed by atoms with van der Waals surface area (Å²) >= 11 is 3.27. The second-order valence-corrected chi connectivity index (χ2v) is 3.44. The molecule has 0 fully saturated rings. The summed E-state index contributed by atoms with van der Waals surface area (Å²) in [6.45, 7) is 3.82. The monoisotopic (exact) mass is 271 g/mol. The van der Waals surface area contributed by atoms with E-state index in [-0.39, 0.29) is 11.4 Å². The van der Waals surface area contributed by atoms with Gasteiger partial charge in [-0.15, -0.1) is 0 Å². The van der Waals surface area contributed by atoms with Gasteiger partial charge >= 0.3 is 5.69 Å². The van der Waals surface area contributed by atoms with Gasteiger partial charge in [-0.1, -0.05) is 22.5 Å². The average Bonchev–Trinajstić information content (AvgIpc) is 2.26. The molecule has 0 unspecified atom stereocenters. The zero-order valence-corrected chi connectivity index (χ0v) is 9.78. The molecular weight excluding hydrogens is 262 g/mol. The summed E-state index contributed by atoms with van der Waals surface area (Å²) in [6.07, 6.45) is 0. The first-order valence-electron chi connectivity index (χ1n) is 4.16. The van der Waals surface area contributed by atoms with E-state index in [1.54, 1.807) is 12.1 Å². The van der Waals surface area contributed by atoms with Crippen molar-refractivity contribution in [2.75, 3.05) is 12.4 Å². The predicted molar refractivity (Wildman–Crippen MR) is 62.5 cm³/mol. The molecule has 0 aliphatic rings. The Morgan fingerprint density at radius 2 is 2.33 bits per heavy atom. The van der Waals surface area contributed by atoms with Gasteiger partial charge in [0, 0.05) is 11.4 Å². The first-order valence-corrected chi connectivity index (χ1v) is 5.28. The molecule has 1 aromatic carbocycles. The fourth-order valence-corrected chi connectivity index (χ4v) is 1.45. The van der Waals surface area contributed by atoms with E-state index in [9.17, 15) is 10.1 Å². The third kappa shape index (κ3) is 2.56. The molecule has 1 rings (SSSR count). The Labute approximate surface area is 95.8 Å². The van der Waals surface area contributed by atoms with Gasteiger partial charge in [0.05, 0.1) is 12.0 Å². The molecule has 0 aromatic heterocycles. The summed E-state index contributed by atoms with van der Waals surface area (Å²) in [7, 11) is 1.41. The Morgan fingerprint density at radius 3 is 2.80 bits per heavy atom. The summed E-state index contributed by atoms with van der Waals surface area (Å²) in [4.78, 5) is 10.2. The van der Waals surface area contributed by atoms with Gasteiger partial charge in [-0.05, 0) is 23.3 Å². The molecule has 0 spiro atoms. The SMILES string of the molecule is C=C(CBr)c1ccc([N+](=O)[O-])c(OC)c1. The number of rotatable bonds is 4. The fourth-order valence-electron chi connectivity index (χ4n) is 1.13. The lowest BCUT2D eigenvalue weighted by atomic mass is 10.1. The predicted octanol–water partition coefficient (Wildman–Crippen LogP) is 3.01. The van der Waals surface area contributed by atoms with Gasteiger partial charge in [-0.25, -0.2) is 0 Å². The summed E-state index contributed by atoms with van der Waals surface area (Å²) in [5.41, 5.74) is 1.64. The maximum absolute atomic E-state index is 10.6. The van der Waals surface area contributed by atoms with E-state index in [4.69, 9.17) is 4.74 Å². The van der Waals surface area contributed by atoms with Crippen LogP contribution in [0.1, 0.15) is 5.56 Å². The normalized spacial score (nSPS) is 9.73. The van der Waals surface area contributed by atoms with E-state index < -0.39 is 4.92 Å². The largest absolute Gasteiger partial charge is 0.490 e. The Kier molecular flexibility index (Phi) is 3.85. The molecular formula is C10H10BrNO3. The van der Waals surface area contributed by atoms with E-state index in [0.717, 1.165) is 11.1 Å². The highest BCUT2D eigenvalue weighted by Gasteiger charge is 2.14. The number of nitrogens with zero attached hydrogens (tertiary/aromatic N) is 1. The van der Waals surface area contributed by atoms with E-state index in [2.05, 4.69) is 22.5 Å². The fraction of sp³-hybridized carbons (Fsp3) is 0.200. The van der Waals surface area contributed by atoms with Crippen molar-refractivity contribution in [2.24, 2.45) is 0 Å². The molecule has 0 atom stereocenters. The van der Waals surface area contributed by atoms with Crippen molar-refractivity contribution in [3.05, 3.63) is 40.5 Å². The van der Waals surface area contributed by atoms with Crippen molar-refractivity contribution in [2.45, 2.75) is 0 Å². The molecule has 0 saturated heterocycles. The van der Waals surface area contributed by atoms with E-state index in [0.29, 0.717) is 5.33 Å². The molecule has 0 bridgehead atoms. The zero-order chi connectivity index (χ0) is 11.4. The van der Waals surface area contributed by atoms with Gasteiger partial charge in [-0.3, -0.25) is 10.1 Å². The number of allylic oxidation sites excluding steroid dienone is 1. The van der Waals surface area contributed by atoms with Crippen LogP contribution in [0.15, 0.2) is 24.8 Å². The third-order valence-electron chi connectivity index (χ3n) is 1.95. The van der Waals surface area contributed by atoms with Crippen molar-refractivity contribution >= 4 is 27.2 Å². The highest BCUT2D eigenvalue weighted by Crippen LogP contribution is 2.30. The average molecular weight is 272 g/mol. The minimum atomic E-state index is -0.473. The lowest BCUT2D eigenvalue weighted by Gasteiger charge is -2.05. The van der Waals surface area contributed by atoms with Crippen molar-refractivity contribution in [3.8, 4) is 5.75 Å². The van der Waals surface area contributed by atoms with Crippen LogP contribution in [0.25, 0.3) is 5.57 Å². The van der Waals surface area contributed by atoms with Gasteiger partial charge < -0.3 is 4.74 Å². The molecule has 4 nitrogen and oxygen atoms in total. The zero-order valence-electron chi connectivity index (χ0n) is 8.20. The quantitative estimate of drug-likeness (QED) is 0.481. The first kappa shape index (κ1) is 11.7. The Bertz CT molecular complexity index is 404. The van der Waals surface area contributed by atoms with E-state index in [1.807, 2.05) is 0 Å². The second-order valence-electron chi connectivity index (χ2n) is 2.88. The van der Waals surface area contributed by atoms with Crippen LogP contribution in [-0.4, -0.2) is 17.4 Å². The Hall–Kier alpha value is -1.36. The minimum Gasteiger partial charge on any atom is -0.490 e. The lowest BCUT2D eigenvalue weighted by molar-refractivity contribution is -0.385. The van der Waals surface area contributed by atoms with Crippen molar-refractivity contribution < 1.29 is 9.66 Å². The van der Waals surface area contributed by atoms with Crippen LogP contribution in [-0.2, 0) is 0 Å². The third-order valence-corrected chi connectivity index (χ3v) is 2.62. The van der Waals surface area contributed by atoms with Crippen molar-refractivity contribution in [1.29, 1.82) is 0 Å². The number of nitro benzene ring substituents is 1. The molecule has 0 aliphatic carbocycles. The molecule has 5 heteroatoms. The summed E-state index contributed by atoms with van der Waals surface area (Å²) in [5.74, 6) is 0.250. The number of ether oxygens (including phenoxy) is 1. The Morgan fingerprint density at radius 1 is 1.67 bits per heavy atom. The standard InChI is InChI=1S/C10H10BrNO3/c1-7(6-11)8-3-4-9(12(13)14)10(5-8)15-2/h3-5H,1,6H2,2H3. The van der Waals surface area contributed by atoms with Gasteiger partial charge in [0.15, 0.2) is 5.75 Å². The number of methoxy groups -OCH3 is 1. The maximum atomic E-state index is 10.6. The maximum Gasteiger partial charge on any atom is 0.310 e. The van der Waals surface area contributed by atoms with Crippen LogP contribution in [0, 0.1) is 10.1 Å². The molecule has 0 heterocycles. The van der Waals surface area contributed by atoms with Gasteiger partial charge in [0.2, 0.25) is 0 Å². The van der Waals surface area contributed by atoms with E-state index in [1.165, 1.54) is 13.2 Å². The van der Waals surface area contributed by atoms with Gasteiger partial charge in [-0.2, -0.15) is 0 Å². The Balaban J connectivity index is 3.19. The van der Waals surface area contributed by atoms with Crippen LogP contribution in [0.4, 0.5) is 5.69 Å². The van der Waals surface area contributed by atoms with Gasteiger partial charge in [0.1, 0.15) is 0 Å². The van der Waals surface area contributed by atoms with E-state index >= 15 is 0 Å². The molecule has 0 N–H and O–H groups in total. The number of nitro groups is 1. The summed E-state index contributed by atoms with van der Waals surface area (Å²) in [5, 5.41) is 11.2.